The van der Waals surface area contributed by atoms with E-state index >= 15 is 0 Å². The van der Waals surface area contributed by atoms with Gasteiger partial charge >= 0.3 is 0 Å². The Labute approximate surface area is 117 Å². The lowest BCUT2D eigenvalue weighted by atomic mass is 9.92. The van der Waals surface area contributed by atoms with E-state index < -0.39 is 0 Å². The molecule has 3 atom stereocenters. The second kappa shape index (κ2) is 4.99. The summed E-state index contributed by atoms with van der Waals surface area (Å²) in [6, 6.07) is 0.830. The van der Waals surface area contributed by atoms with Crippen molar-refractivity contribution >= 4 is 0 Å². The van der Waals surface area contributed by atoms with E-state index in [1.807, 2.05) is 0 Å². The monoisotopic (exact) mass is 270 g/mol. The van der Waals surface area contributed by atoms with E-state index in [0.29, 0.717) is 12.1 Å². The molecule has 2 heterocycles. The molecule has 0 radical (unpaired) electrons. The Morgan fingerprint density at radius 3 is 2.37 bits per heavy atom. The summed E-state index contributed by atoms with van der Waals surface area (Å²) >= 11 is 0. The molecule has 0 bridgehead atoms. The van der Waals surface area contributed by atoms with Gasteiger partial charge in [-0.15, -0.1) is 0 Å². The maximum absolute atomic E-state index is 10.0. The highest BCUT2D eigenvalue weighted by Crippen LogP contribution is 2.42. The van der Waals surface area contributed by atoms with Crippen LogP contribution in [0.25, 0.3) is 0 Å². The minimum atomic E-state index is -0.190. The standard InChI is InChI=1S/C15H30N2O2/c1-14(2)8-13(15(3,4)19-14)17-10-12(18)7-11(17)9-16(5)6/h11-13,18H,7-10H2,1-6H3. The summed E-state index contributed by atoms with van der Waals surface area (Å²) in [5.41, 5.74) is -0.206. The van der Waals surface area contributed by atoms with Gasteiger partial charge in [0.2, 0.25) is 0 Å². The highest BCUT2D eigenvalue weighted by Gasteiger charge is 2.51. The van der Waals surface area contributed by atoms with E-state index in [0.717, 1.165) is 25.9 Å². The Morgan fingerprint density at radius 1 is 1.26 bits per heavy atom. The molecule has 1 N–H and O–H groups in total. The Kier molecular flexibility index (Phi) is 4.00. The fourth-order valence-electron chi connectivity index (χ4n) is 3.95. The van der Waals surface area contributed by atoms with Crippen LogP contribution in [0.15, 0.2) is 0 Å². The number of likely N-dealkylation sites (tertiary alicyclic amines) is 1. The molecule has 112 valence electrons. The quantitative estimate of drug-likeness (QED) is 0.839. The van der Waals surface area contributed by atoms with Crippen molar-refractivity contribution in [3.05, 3.63) is 0 Å². The van der Waals surface area contributed by atoms with Crippen molar-refractivity contribution in [3.63, 3.8) is 0 Å². The van der Waals surface area contributed by atoms with Crippen LogP contribution in [0.5, 0.6) is 0 Å². The second-order valence-corrected chi connectivity index (χ2v) is 7.69. The smallest absolute Gasteiger partial charge is 0.0789 e. The van der Waals surface area contributed by atoms with Crippen LogP contribution in [0.3, 0.4) is 0 Å². The summed E-state index contributed by atoms with van der Waals surface area (Å²) in [5.74, 6) is 0. The van der Waals surface area contributed by atoms with Crippen LogP contribution in [-0.4, -0.2) is 71.5 Å². The van der Waals surface area contributed by atoms with Crippen LogP contribution in [0, 0.1) is 0 Å². The highest BCUT2D eigenvalue weighted by molar-refractivity contribution is 5.04. The summed E-state index contributed by atoms with van der Waals surface area (Å²) in [7, 11) is 4.20. The third-order valence-electron chi connectivity index (χ3n) is 4.44. The molecule has 2 rings (SSSR count). The first-order valence-electron chi connectivity index (χ1n) is 7.39. The van der Waals surface area contributed by atoms with E-state index in [2.05, 4.69) is 51.6 Å². The van der Waals surface area contributed by atoms with Crippen LogP contribution < -0.4 is 0 Å². The molecule has 3 unspecified atom stereocenters. The van der Waals surface area contributed by atoms with Gasteiger partial charge < -0.3 is 14.7 Å². The molecule has 2 saturated heterocycles. The molecular formula is C15H30N2O2. The van der Waals surface area contributed by atoms with Crippen molar-refractivity contribution in [1.29, 1.82) is 0 Å². The van der Waals surface area contributed by atoms with Crippen molar-refractivity contribution in [2.45, 2.75) is 69.9 Å². The van der Waals surface area contributed by atoms with Gasteiger partial charge in [-0.2, -0.15) is 0 Å². The Balaban J connectivity index is 2.15. The van der Waals surface area contributed by atoms with Crippen molar-refractivity contribution < 1.29 is 9.84 Å². The second-order valence-electron chi connectivity index (χ2n) is 7.69. The van der Waals surface area contributed by atoms with Crippen LogP contribution in [0.1, 0.15) is 40.5 Å². The minimum absolute atomic E-state index is 0.0651. The summed E-state index contributed by atoms with van der Waals surface area (Å²) < 4.78 is 6.21. The van der Waals surface area contributed by atoms with Gasteiger partial charge in [-0.1, -0.05) is 0 Å². The van der Waals surface area contributed by atoms with Gasteiger partial charge in [0.1, 0.15) is 0 Å². The largest absolute Gasteiger partial charge is 0.392 e. The van der Waals surface area contributed by atoms with E-state index in [9.17, 15) is 5.11 Å². The first-order valence-corrected chi connectivity index (χ1v) is 7.39. The molecular weight excluding hydrogens is 240 g/mol. The lowest BCUT2D eigenvalue weighted by molar-refractivity contribution is -0.0825. The van der Waals surface area contributed by atoms with E-state index in [-0.39, 0.29) is 17.3 Å². The van der Waals surface area contributed by atoms with Gasteiger partial charge in [0.05, 0.1) is 17.3 Å². The Hall–Kier alpha value is -0.160. The fourth-order valence-corrected chi connectivity index (χ4v) is 3.95. The molecule has 2 aliphatic rings. The van der Waals surface area contributed by atoms with E-state index in [4.69, 9.17) is 4.74 Å². The van der Waals surface area contributed by atoms with Gasteiger partial charge in [0.15, 0.2) is 0 Å². The fraction of sp³-hybridized carbons (Fsp3) is 1.00. The number of aliphatic hydroxyl groups excluding tert-OH is 1. The predicted octanol–water partition coefficient (Wildman–Crippen LogP) is 1.33. The first kappa shape index (κ1) is 15.2. The summed E-state index contributed by atoms with van der Waals surface area (Å²) in [4.78, 5) is 4.70. The first-order chi connectivity index (χ1) is 8.61. The molecule has 2 aliphatic heterocycles. The number of nitrogens with zero attached hydrogens (tertiary/aromatic N) is 2. The number of aliphatic hydroxyl groups is 1. The average molecular weight is 270 g/mol. The van der Waals surface area contributed by atoms with Crippen molar-refractivity contribution in [2.75, 3.05) is 27.2 Å². The highest BCUT2D eigenvalue weighted by atomic mass is 16.5. The number of hydrogen-bond acceptors (Lipinski definition) is 4. The molecule has 0 saturated carbocycles. The van der Waals surface area contributed by atoms with Crippen LogP contribution in [-0.2, 0) is 4.74 Å². The maximum Gasteiger partial charge on any atom is 0.0789 e. The molecule has 2 fully saturated rings. The molecule has 0 spiro atoms. The van der Waals surface area contributed by atoms with Gasteiger partial charge in [-0.05, 0) is 54.6 Å². The number of likely N-dealkylation sites (N-methyl/N-ethyl adjacent to an activating group) is 1. The molecule has 4 nitrogen and oxygen atoms in total. The topological polar surface area (TPSA) is 35.9 Å². The maximum atomic E-state index is 10.0. The normalized spacial score (nSPS) is 38.2. The van der Waals surface area contributed by atoms with Crippen LogP contribution >= 0.6 is 0 Å². The predicted molar refractivity (Wildman–Crippen MR) is 77.3 cm³/mol. The van der Waals surface area contributed by atoms with Gasteiger partial charge in [0, 0.05) is 25.2 Å². The van der Waals surface area contributed by atoms with Crippen molar-refractivity contribution in [1.82, 2.24) is 9.80 Å². The molecule has 19 heavy (non-hydrogen) atoms. The zero-order chi connectivity index (χ0) is 14.4. The third-order valence-corrected chi connectivity index (χ3v) is 4.44. The molecule has 0 amide bonds. The van der Waals surface area contributed by atoms with Crippen molar-refractivity contribution in [2.24, 2.45) is 0 Å². The summed E-state index contributed by atoms with van der Waals surface area (Å²) in [6.45, 7) is 10.5. The van der Waals surface area contributed by atoms with Gasteiger partial charge in [0.25, 0.3) is 0 Å². The number of hydrogen-bond donors (Lipinski definition) is 1. The Bertz CT molecular complexity index is 328. The summed E-state index contributed by atoms with van der Waals surface area (Å²) in [5, 5.41) is 10.0. The number of β-amino-alcohol motifs (C(OH)–C–C–N with tert-alkyl or cyclic N) is 1. The van der Waals surface area contributed by atoms with Gasteiger partial charge in [-0.3, -0.25) is 4.90 Å². The molecule has 0 aromatic carbocycles. The Morgan fingerprint density at radius 2 is 1.89 bits per heavy atom. The number of rotatable bonds is 3. The third kappa shape index (κ3) is 3.30. The lowest BCUT2D eigenvalue weighted by Gasteiger charge is -2.38. The lowest BCUT2D eigenvalue weighted by Crippen LogP contribution is -2.51. The zero-order valence-electron chi connectivity index (χ0n) is 13.3. The SMILES string of the molecule is CN(C)CC1CC(O)CN1C1CC(C)(C)OC1(C)C. The average Bonchev–Trinajstić information content (AvgIpc) is 2.62. The number of ether oxygens (including phenoxy) is 1. The molecule has 0 aromatic rings. The molecule has 0 aliphatic carbocycles. The molecule has 4 heteroatoms. The van der Waals surface area contributed by atoms with Gasteiger partial charge in [-0.25, -0.2) is 0 Å². The van der Waals surface area contributed by atoms with Crippen LogP contribution in [0.2, 0.25) is 0 Å². The molecule has 0 aromatic heterocycles. The minimum Gasteiger partial charge on any atom is -0.392 e. The zero-order valence-corrected chi connectivity index (χ0v) is 13.3. The summed E-state index contributed by atoms with van der Waals surface area (Å²) in [6.07, 6.45) is 1.73. The van der Waals surface area contributed by atoms with E-state index in [1.165, 1.54) is 0 Å². The van der Waals surface area contributed by atoms with Crippen LogP contribution in [0.4, 0.5) is 0 Å². The van der Waals surface area contributed by atoms with E-state index in [1.54, 1.807) is 0 Å². The van der Waals surface area contributed by atoms with Crippen molar-refractivity contribution in [3.8, 4) is 0 Å².